The van der Waals surface area contributed by atoms with Gasteiger partial charge in [-0.1, -0.05) is 20.8 Å². The number of carbonyl (C=O) groups excluding carboxylic acids is 2. The van der Waals surface area contributed by atoms with Crippen molar-refractivity contribution >= 4 is 28.6 Å². The van der Waals surface area contributed by atoms with E-state index in [1.54, 1.807) is 11.1 Å². The van der Waals surface area contributed by atoms with Gasteiger partial charge < -0.3 is 24.3 Å². The fraction of sp³-hybridized carbons (Fsp3) is 0.464. The fourth-order valence-corrected chi connectivity index (χ4v) is 4.00. The number of aromatic nitrogens is 2. The first-order valence-electron chi connectivity index (χ1n) is 12.4. The molecule has 0 spiro atoms. The third kappa shape index (κ3) is 6.17. The average Bonchev–Trinajstić information content (AvgIpc) is 3.21. The Morgan fingerprint density at radius 1 is 1.00 bits per heavy atom. The summed E-state index contributed by atoms with van der Waals surface area (Å²) in [5.74, 6) is 1.47. The first kappa shape index (κ1) is 25.5. The first-order valence-corrected chi connectivity index (χ1v) is 12.4. The standard InChI is InChI=1S/C28H36N4O4/c1-27(2,3)25(33)30-20-7-9-23-19(17-20)11-16-32(23)24-10-8-22(18-29-24)35-21-12-14-31(15-13-21)26(34)36-28(4,5)6/h7-11,16-18,21H,12-15H2,1-6H3,(H,30,33). The molecule has 192 valence electrons. The Hall–Kier alpha value is -3.55. The second-order valence-electron chi connectivity index (χ2n) is 11.3. The highest BCUT2D eigenvalue weighted by Gasteiger charge is 2.27. The molecule has 3 heterocycles. The van der Waals surface area contributed by atoms with Gasteiger partial charge in [0.25, 0.3) is 0 Å². The van der Waals surface area contributed by atoms with Crippen LogP contribution in [0.5, 0.6) is 5.75 Å². The quantitative estimate of drug-likeness (QED) is 0.498. The van der Waals surface area contributed by atoms with Gasteiger partial charge in [0.1, 0.15) is 23.3 Å². The summed E-state index contributed by atoms with van der Waals surface area (Å²) in [6, 6.07) is 11.7. The van der Waals surface area contributed by atoms with Crippen molar-refractivity contribution in [3.8, 4) is 11.6 Å². The number of benzene rings is 1. The Morgan fingerprint density at radius 2 is 1.72 bits per heavy atom. The fourth-order valence-electron chi connectivity index (χ4n) is 4.00. The van der Waals surface area contributed by atoms with Gasteiger partial charge in [0, 0.05) is 48.6 Å². The number of pyridine rings is 1. The molecule has 0 saturated carbocycles. The molecular weight excluding hydrogens is 456 g/mol. The van der Waals surface area contributed by atoms with Gasteiger partial charge in [0.15, 0.2) is 0 Å². The molecule has 2 amide bonds. The molecule has 8 nitrogen and oxygen atoms in total. The van der Waals surface area contributed by atoms with E-state index >= 15 is 0 Å². The molecule has 1 aliphatic rings. The van der Waals surface area contributed by atoms with Crippen LogP contribution in [0.4, 0.5) is 10.5 Å². The van der Waals surface area contributed by atoms with Crippen LogP contribution in [0.25, 0.3) is 16.7 Å². The first-order chi connectivity index (χ1) is 16.9. The van der Waals surface area contributed by atoms with Crippen LogP contribution in [-0.4, -0.2) is 51.2 Å². The van der Waals surface area contributed by atoms with Gasteiger partial charge in [-0.2, -0.15) is 0 Å². The van der Waals surface area contributed by atoms with E-state index in [2.05, 4.69) is 10.3 Å². The zero-order valence-corrected chi connectivity index (χ0v) is 22.0. The minimum Gasteiger partial charge on any atom is -0.489 e. The van der Waals surface area contributed by atoms with Crippen LogP contribution >= 0.6 is 0 Å². The molecule has 8 heteroatoms. The van der Waals surface area contributed by atoms with Crippen molar-refractivity contribution in [1.29, 1.82) is 0 Å². The third-order valence-electron chi connectivity index (χ3n) is 5.99. The van der Waals surface area contributed by atoms with Gasteiger partial charge in [0.05, 0.1) is 11.7 Å². The van der Waals surface area contributed by atoms with Crippen molar-refractivity contribution in [3.05, 3.63) is 48.8 Å². The van der Waals surface area contributed by atoms with Crippen molar-refractivity contribution in [2.45, 2.75) is 66.1 Å². The second-order valence-corrected chi connectivity index (χ2v) is 11.3. The van der Waals surface area contributed by atoms with E-state index in [0.717, 1.165) is 35.2 Å². The van der Waals surface area contributed by atoms with Gasteiger partial charge in [-0.15, -0.1) is 0 Å². The second kappa shape index (κ2) is 9.84. The van der Waals surface area contributed by atoms with Crippen molar-refractivity contribution in [3.63, 3.8) is 0 Å². The molecule has 1 saturated heterocycles. The average molecular weight is 493 g/mol. The van der Waals surface area contributed by atoms with E-state index in [1.165, 1.54) is 0 Å². The largest absolute Gasteiger partial charge is 0.489 e. The highest BCUT2D eigenvalue weighted by molar-refractivity contribution is 5.96. The predicted octanol–water partition coefficient (Wildman–Crippen LogP) is 5.79. The summed E-state index contributed by atoms with van der Waals surface area (Å²) in [5.41, 5.74) is 0.825. The summed E-state index contributed by atoms with van der Waals surface area (Å²) < 4.78 is 13.6. The minimum atomic E-state index is -0.493. The Balaban J connectivity index is 1.37. The summed E-state index contributed by atoms with van der Waals surface area (Å²) in [5, 5.41) is 3.99. The summed E-state index contributed by atoms with van der Waals surface area (Å²) in [6.07, 6.45) is 4.96. The summed E-state index contributed by atoms with van der Waals surface area (Å²) in [6.45, 7) is 12.5. The molecule has 36 heavy (non-hydrogen) atoms. The molecule has 1 fully saturated rings. The number of rotatable bonds is 4. The number of amides is 2. The molecular formula is C28H36N4O4. The number of hydrogen-bond donors (Lipinski definition) is 1. The maximum atomic E-state index is 12.3. The highest BCUT2D eigenvalue weighted by atomic mass is 16.6. The number of piperidine rings is 1. The molecule has 0 bridgehead atoms. The molecule has 0 unspecified atom stereocenters. The highest BCUT2D eigenvalue weighted by Crippen LogP contribution is 2.26. The van der Waals surface area contributed by atoms with Crippen molar-refractivity contribution in [2.75, 3.05) is 18.4 Å². The van der Waals surface area contributed by atoms with Crippen LogP contribution in [0, 0.1) is 5.41 Å². The van der Waals surface area contributed by atoms with E-state index in [9.17, 15) is 9.59 Å². The lowest BCUT2D eigenvalue weighted by Gasteiger charge is -2.33. The zero-order chi connectivity index (χ0) is 26.1. The van der Waals surface area contributed by atoms with Gasteiger partial charge in [-0.3, -0.25) is 4.79 Å². The zero-order valence-electron chi connectivity index (χ0n) is 22.0. The number of nitrogens with one attached hydrogen (secondary N) is 1. The lowest BCUT2D eigenvalue weighted by molar-refractivity contribution is -0.123. The molecule has 1 aromatic carbocycles. The molecule has 4 rings (SSSR count). The molecule has 0 aliphatic carbocycles. The molecule has 1 aliphatic heterocycles. The number of nitrogens with zero attached hydrogens (tertiary/aromatic N) is 3. The SMILES string of the molecule is CC(C)(C)OC(=O)N1CCC(Oc2ccc(-n3ccc4cc(NC(=O)C(C)(C)C)ccc43)nc2)CC1. The van der Waals surface area contributed by atoms with Gasteiger partial charge in [0.2, 0.25) is 5.91 Å². The number of ether oxygens (including phenoxy) is 2. The third-order valence-corrected chi connectivity index (χ3v) is 5.99. The van der Waals surface area contributed by atoms with E-state index in [-0.39, 0.29) is 18.1 Å². The molecule has 0 atom stereocenters. The van der Waals surface area contributed by atoms with E-state index in [0.29, 0.717) is 18.8 Å². The van der Waals surface area contributed by atoms with Crippen molar-refractivity contribution in [2.24, 2.45) is 5.41 Å². The summed E-state index contributed by atoms with van der Waals surface area (Å²) in [4.78, 5) is 30.9. The van der Waals surface area contributed by atoms with Gasteiger partial charge in [-0.05, 0) is 57.2 Å². The van der Waals surface area contributed by atoms with E-state index in [4.69, 9.17) is 9.47 Å². The lowest BCUT2D eigenvalue weighted by Crippen LogP contribution is -2.44. The molecule has 0 radical (unpaired) electrons. The Bertz CT molecular complexity index is 1230. The van der Waals surface area contributed by atoms with Crippen LogP contribution in [0.3, 0.4) is 0 Å². The Morgan fingerprint density at radius 3 is 2.33 bits per heavy atom. The monoisotopic (exact) mass is 492 g/mol. The molecule has 3 aromatic rings. The molecule has 2 aromatic heterocycles. The maximum Gasteiger partial charge on any atom is 0.410 e. The van der Waals surface area contributed by atoms with Crippen LogP contribution in [0.1, 0.15) is 54.4 Å². The Labute approximate surface area is 212 Å². The topological polar surface area (TPSA) is 85.7 Å². The van der Waals surface area contributed by atoms with E-state index in [1.807, 2.05) is 88.7 Å². The number of anilines is 1. The van der Waals surface area contributed by atoms with Crippen LogP contribution in [0.15, 0.2) is 48.8 Å². The van der Waals surface area contributed by atoms with Crippen LogP contribution < -0.4 is 10.1 Å². The van der Waals surface area contributed by atoms with Crippen LogP contribution in [0.2, 0.25) is 0 Å². The number of carbonyl (C=O) groups is 2. The van der Waals surface area contributed by atoms with Crippen LogP contribution in [-0.2, 0) is 9.53 Å². The lowest BCUT2D eigenvalue weighted by atomic mass is 9.95. The number of hydrogen-bond acceptors (Lipinski definition) is 5. The normalized spacial score (nSPS) is 15.1. The predicted molar refractivity (Wildman–Crippen MR) is 141 cm³/mol. The van der Waals surface area contributed by atoms with Crippen molar-refractivity contribution in [1.82, 2.24) is 14.5 Å². The minimum absolute atomic E-state index is 0.0194. The smallest absolute Gasteiger partial charge is 0.410 e. The van der Waals surface area contributed by atoms with Gasteiger partial charge >= 0.3 is 6.09 Å². The summed E-state index contributed by atoms with van der Waals surface area (Å²) in [7, 11) is 0. The number of likely N-dealkylation sites (tertiary alicyclic amines) is 1. The van der Waals surface area contributed by atoms with Crippen molar-refractivity contribution < 1.29 is 19.1 Å². The van der Waals surface area contributed by atoms with Gasteiger partial charge in [-0.25, -0.2) is 9.78 Å². The van der Waals surface area contributed by atoms with E-state index < -0.39 is 11.0 Å². The maximum absolute atomic E-state index is 12.3. The molecule has 1 N–H and O–H groups in total. The summed E-state index contributed by atoms with van der Waals surface area (Å²) >= 11 is 0. The number of fused-ring (bicyclic) bond motifs is 1. The Kier molecular flexibility index (Phi) is 6.98.